The third-order valence-corrected chi connectivity index (χ3v) is 4.41. The summed E-state index contributed by atoms with van der Waals surface area (Å²) >= 11 is 0. The topological polar surface area (TPSA) is 65.5 Å². The van der Waals surface area contributed by atoms with Crippen molar-refractivity contribution in [1.29, 1.82) is 0 Å². The van der Waals surface area contributed by atoms with Gasteiger partial charge in [-0.1, -0.05) is 13.8 Å². The smallest absolute Gasteiger partial charge is 0.242 e. The van der Waals surface area contributed by atoms with Crippen LogP contribution in [0.1, 0.15) is 20.8 Å². The summed E-state index contributed by atoms with van der Waals surface area (Å²) in [5.74, 6) is 0.758. The lowest BCUT2D eigenvalue weighted by molar-refractivity contribution is -0.132. The molecule has 0 aliphatic carbocycles. The van der Waals surface area contributed by atoms with Crippen LogP contribution in [0, 0.1) is 5.92 Å². The molecule has 3 rings (SSSR count). The number of carbonyl (C=O) groups excluding carboxylic acids is 1. The van der Waals surface area contributed by atoms with Crippen molar-refractivity contribution in [2.24, 2.45) is 5.92 Å². The maximum Gasteiger partial charge on any atom is 0.242 e. The molecular weight excluding hydrogens is 218 g/mol. The van der Waals surface area contributed by atoms with Crippen LogP contribution < -0.4 is 5.32 Å². The van der Waals surface area contributed by atoms with E-state index < -0.39 is 0 Å². The van der Waals surface area contributed by atoms with Crippen LogP contribution in [-0.4, -0.2) is 64.3 Å². The Morgan fingerprint density at radius 3 is 2.59 bits per heavy atom. The van der Waals surface area contributed by atoms with Crippen molar-refractivity contribution in [3.8, 4) is 0 Å². The van der Waals surface area contributed by atoms with Crippen LogP contribution in [0.25, 0.3) is 0 Å². The Morgan fingerprint density at radius 2 is 2.18 bits per heavy atom. The zero-order valence-electron chi connectivity index (χ0n) is 10.6. The highest BCUT2D eigenvalue weighted by Crippen LogP contribution is 2.39. The lowest BCUT2D eigenvalue weighted by atomic mass is 10.1. The Morgan fingerprint density at radius 1 is 1.47 bits per heavy atom. The van der Waals surface area contributed by atoms with E-state index in [0.717, 1.165) is 6.54 Å². The molecule has 6 atom stereocenters. The van der Waals surface area contributed by atoms with Crippen LogP contribution in [0.2, 0.25) is 0 Å². The van der Waals surface area contributed by atoms with E-state index in [1.54, 1.807) is 0 Å². The number of aliphatic hydroxyl groups excluding tert-OH is 1. The Hall–Kier alpha value is -0.650. The molecule has 0 aromatic heterocycles. The monoisotopic (exact) mass is 239 g/mol. The number of likely N-dealkylation sites (tertiary alicyclic amines) is 1. The number of rotatable bonds is 4. The van der Waals surface area contributed by atoms with Crippen LogP contribution in [0.15, 0.2) is 0 Å². The first-order valence-electron chi connectivity index (χ1n) is 6.51. The first-order chi connectivity index (χ1) is 8.06. The van der Waals surface area contributed by atoms with Gasteiger partial charge in [0.2, 0.25) is 5.91 Å². The molecular formula is C12H21N3O2. The van der Waals surface area contributed by atoms with Crippen LogP contribution in [0.3, 0.4) is 0 Å². The summed E-state index contributed by atoms with van der Waals surface area (Å²) in [7, 11) is 0. The third-order valence-electron chi connectivity index (χ3n) is 4.41. The standard InChI is InChI=1S/C12H21N3O2/c1-6(2)11-9(5-16)15(11)7(3)14-4-8-10(13-8)12(14)17/h6-11,13,16H,4-5H2,1-3H3. The van der Waals surface area contributed by atoms with Crippen molar-refractivity contribution >= 4 is 5.91 Å². The second-order valence-electron chi connectivity index (χ2n) is 5.81. The van der Waals surface area contributed by atoms with Gasteiger partial charge in [0, 0.05) is 18.6 Å². The van der Waals surface area contributed by atoms with Crippen molar-refractivity contribution in [2.75, 3.05) is 13.2 Å². The summed E-state index contributed by atoms with van der Waals surface area (Å²) in [6, 6.07) is 1.13. The fourth-order valence-corrected chi connectivity index (χ4v) is 3.39. The number of carbonyl (C=O) groups is 1. The molecule has 3 heterocycles. The largest absolute Gasteiger partial charge is 0.395 e. The Bertz CT molecular complexity index is 347. The number of hydrogen-bond donors (Lipinski definition) is 2. The van der Waals surface area contributed by atoms with Gasteiger partial charge in [0.15, 0.2) is 0 Å². The summed E-state index contributed by atoms with van der Waals surface area (Å²) in [5, 5.41) is 12.5. The van der Waals surface area contributed by atoms with Gasteiger partial charge >= 0.3 is 0 Å². The molecule has 3 fully saturated rings. The predicted octanol–water partition coefficient (Wildman–Crippen LogP) is -0.784. The van der Waals surface area contributed by atoms with E-state index in [0.29, 0.717) is 18.0 Å². The zero-order chi connectivity index (χ0) is 12.3. The van der Waals surface area contributed by atoms with E-state index in [9.17, 15) is 9.90 Å². The van der Waals surface area contributed by atoms with Gasteiger partial charge in [-0.2, -0.15) is 0 Å². The van der Waals surface area contributed by atoms with Gasteiger partial charge in [-0.3, -0.25) is 15.0 Å². The van der Waals surface area contributed by atoms with Crippen LogP contribution in [0.4, 0.5) is 0 Å². The molecule has 0 bridgehead atoms. The van der Waals surface area contributed by atoms with Gasteiger partial charge in [0.25, 0.3) is 0 Å². The zero-order valence-corrected chi connectivity index (χ0v) is 10.6. The molecule has 1 amide bonds. The molecule has 5 nitrogen and oxygen atoms in total. The second kappa shape index (κ2) is 3.67. The van der Waals surface area contributed by atoms with E-state index >= 15 is 0 Å². The van der Waals surface area contributed by atoms with Gasteiger partial charge < -0.3 is 10.0 Å². The molecule has 3 aliphatic rings. The maximum atomic E-state index is 12.0. The van der Waals surface area contributed by atoms with Crippen molar-refractivity contribution in [1.82, 2.24) is 15.1 Å². The summed E-state index contributed by atoms with van der Waals surface area (Å²) < 4.78 is 0. The molecule has 2 N–H and O–H groups in total. The molecule has 3 aliphatic heterocycles. The average molecular weight is 239 g/mol. The molecule has 5 heteroatoms. The minimum atomic E-state index is 0.0856. The minimum Gasteiger partial charge on any atom is -0.395 e. The molecule has 3 saturated heterocycles. The van der Waals surface area contributed by atoms with Gasteiger partial charge in [0.1, 0.15) is 6.04 Å². The summed E-state index contributed by atoms with van der Waals surface area (Å²) in [5.41, 5.74) is 0. The normalized spacial score (nSPS) is 45.1. The van der Waals surface area contributed by atoms with E-state index in [-0.39, 0.29) is 30.8 Å². The number of aliphatic hydroxyl groups is 1. The van der Waals surface area contributed by atoms with Crippen molar-refractivity contribution in [3.63, 3.8) is 0 Å². The van der Waals surface area contributed by atoms with Crippen molar-refractivity contribution in [2.45, 2.75) is 51.1 Å². The molecule has 0 radical (unpaired) electrons. The van der Waals surface area contributed by atoms with Gasteiger partial charge in [0.05, 0.1) is 18.8 Å². The number of nitrogens with zero attached hydrogens (tertiary/aromatic N) is 2. The SMILES string of the molecule is CC(C)C1C(CO)N1C(C)N1CC2NC2C1=O. The Kier molecular flexibility index (Phi) is 2.47. The van der Waals surface area contributed by atoms with Crippen molar-refractivity contribution < 1.29 is 9.90 Å². The van der Waals surface area contributed by atoms with E-state index in [4.69, 9.17) is 0 Å². The fourth-order valence-electron chi connectivity index (χ4n) is 3.39. The number of fused-ring (bicyclic) bond motifs is 1. The summed E-state index contributed by atoms with van der Waals surface area (Å²) in [6.45, 7) is 7.44. The second-order valence-corrected chi connectivity index (χ2v) is 5.81. The van der Waals surface area contributed by atoms with Crippen molar-refractivity contribution in [3.05, 3.63) is 0 Å². The highest BCUT2D eigenvalue weighted by molar-refractivity contribution is 5.89. The molecule has 0 saturated carbocycles. The van der Waals surface area contributed by atoms with E-state index in [2.05, 4.69) is 31.0 Å². The molecule has 0 aromatic carbocycles. The number of piperazine rings is 1. The van der Waals surface area contributed by atoms with Gasteiger partial charge in [-0.25, -0.2) is 0 Å². The lowest BCUT2D eigenvalue weighted by Crippen LogP contribution is -2.45. The summed E-state index contributed by atoms with van der Waals surface area (Å²) in [4.78, 5) is 16.2. The highest BCUT2D eigenvalue weighted by atomic mass is 16.3. The van der Waals surface area contributed by atoms with E-state index in [1.807, 2.05) is 4.90 Å². The molecule has 6 unspecified atom stereocenters. The molecule has 17 heavy (non-hydrogen) atoms. The van der Waals surface area contributed by atoms with E-state index in [1.165, 1.54) is 0 Å². The first-order valence-corrected chi connectivity index (χ1v) is 6.51. The fraction of sp³-hybridized carbons (Fsp3) is 0.917. The average Bonchev–Trinajstić information content (AvgIpc) is 3.17. The summed E-state index contributed by atoms with van der Waals surface area (Å²) in [6.07, 6.45) is 0.127. The predicted molar refractivity (Wildman–Crippen MR) is 63.2 cm³/mol. The number of hydrogen-bond acceptors (Lipinski definition) is 4. The van der Waals surface area contributed by atoms with Crippen LogP contribution in [0.5, 0.6) is 0 Å². The maximum absolute atomic E-state index is 12.0. The number of amides is 1. The molecule has 0 spiro atoms. The molecule has 96 valence electrons. The third kappa shape index (κ3) is 1.60. The number of nitrogens with one attached hydrogen (secondary N) is 1. The van der Waals surface area contributed by atoms with Gasteiger partial charge in [-0.05, 0) is 12.8 Å². The van der Waals surface area contributed by atoms with Gasteiger partial charge in [-0.15, -0.1) is 0 Å². The Balaban J connectivity index is 1.67. The Labute approximate surface area is 102 Å². The molecule has 0 aromatic rings. The lowest BCUT2D eigenvalue weighted by Gasteiger charge is -2.28. The van der Waals surface area contributed by atoms with Crippen LogP contribution in [-0.2, 0) is 4.79 Å². The first kappa shape index (κ1) is 11.4. The highest BCUT2D eigenvalue weighted by Gasteiger charge is 2.58. The minimum absolute atomic E-state index is 0.0856. The quantitative estimate of drug-likeness (QED) is 0.631. The van der Waals surface area contributed by atoms with Crippen LogP contribution >= 0.6 is 0 Å².